The van der Waals surface area contributed by atoms with Crippen molar-refractivity contribution in [3.05, 3.63) is 18.5 Å². The maximum absolute atomic E-state index is 4.84. The molecule has 0 fully saturated rings. The van der Waals surface area contributed by atoms with Crippen molar-refractivity contribution in [1.82, 2.24) is 15.4 Å². The third kappa shape index (κ3) is 0.500. The Morgan fingerprint density at radius 1 is 1.70 bits per heavy atom. The number of nitrogens with zero attached hydrogens (tertiary/aromatic N) is 2. The van der Waals surface area contributed by atoms with Crippen molar-refractivity contribution >= 4 is 17.2 Å². The molecule has 0 saturated heterocycles. The van der Waals surface area contributed by atoms with Crippen LogP contribution < -0.4 is 0 Å². The molecule has 1 N–H and O–H groups in total. The van der Waals surface area contributed by atoms with Crippen molar-refractivity contribution < 1.29 is 4.52 Å². The lowest BCUT2D eigenvalue weighted by atomic mass is 10.3. The van der Waals surface area contributed by atoms with E-state index >= 15 is 0 Å². The van der Waals surface area contributed by atoms with E-state index < -0.39 is 0 Å². The Kier molecular flexibility index (Phi) is 0.887. The first-order valence-electron chi connectivity index (χ1n) is 2.83. The average Bonchev–Trinajstić information content (AvgIpc) is 2.44. The van der Waals surface area contributed by atoms with Crippen LogP contribution in [0, 0.1) is 0 Å². The third-order valence-electron chi connectivity index (χ3n) is 1.31. The summed E-state index contributed by atoms with van der Waals surface area (Å²) in [4.78, 5) is 0. The predicted octanol–water partition coefficient (Wildman–Crippen LogP) is 1.19. The van der Waals surface area contributed by atoms with E-state index in [-0.39, 0.29) is 0 Å². The van der Waals surface area contributed by atoms with E-state index in [4.69, 9.17) is 4.52 Å². The summed E-state index contributed by atoms with van der Waals surface area (Å²) < 4.78 is 4.84. The highest BCUT2D eigenvalue weighted by molar-refractivity contribution is 5.81. The van der Waals surface area contributed by atoms with E-state index in [0.717, 1.165) is 11.1 Å². The molecule has 0 atom stereocenters. The molecule has 0 amide bonds. The molecule has 0 radical (unpaired) electrons. The van der Waals surface area contributed by atoms with E-state index in [9.17, 15) is 0 Å². The second kappa shape index (κ2) is 1.70. The molecule has 2 aromatic rings. The highest BCUT2D eigenvalue weighted by Gasteiger charge is 2.04. The van der Waals surface area contributed by atoms with Crippen molar-refractivity contribution in [2.45, 2.75) is 0 Å². The van der Waals surface area contributed by atoms with Gasteiger partial charge in [0.1, 0.15) is 5.69 Å². The second-order valence-corrected chi connectivity index (χ2v) is 1.88. The molecular weight excluding hydrogens is 130 g/mol. The Balaban J connectivity index is 2.88. The summed E-state index contributed by atoms with van der Waals surface area (Å²) in [6.45, 7) is 3.57. The van der Waals surface area contributed by atoms with Gasteiger partial charge in [-0.3, -0.25) is 0 Å². The van der Waals surface area contributed by atoms with Crippen LogP contribution in [0.5, 0.6) is 0 Å². The summed E-state index contributed by atoms with van der Waals surface area (Å²) in [6, 6.07) is 0. The largest absolute Gasteiger partial charge is 0.336 e. The van der Waals surface area contributed by atoms with Crippen LogP contribution in [0.25, 0.3) is 17.2 Å². The van der Waals surface area contributed by atoms with Gasteiger partial charge in [0.2, 0.25) is 0 Å². The van der Waals surface area contributed by atoms with Crippen molar-refractivity contribution in [2.24, 2.45) is 0 Å². The molecule has 0 spiro atoms. The highest BCUT2D eigenvalue weighted by Crippen LogP contribution is 2.14. The molecule has 0 bridgehead atoms. The van der Waals surface area contributed by atoms with E-state index in [1.54, 1.807) is 12.3 Å². The Morgan fingerprint density at radius 2 is 2.60 bits per heavy atom. The Labute approximate surface area is 56.5 Å². The van der Waals surface area contributed by atoms with Gasteiger partial charge in [-0.25, -0.2) is 5.10 Å². The van der Waals surface area contributed by atoms with Gasteiger partial charge in [0.25, 0.3) is 5.71 Å². The first-order chi connectivity index (χ1) is 4.92. The molecule has 4 nitrogen and oxygen atoms in total. The lowest BCUT2D eigenvalue weighted by molar-refractivity contribution is 0.445. The Hall–Kier alpha value is -1.58. The summed E-state index contributed by atoms with van der Waals surface area (Å²) in [5.41, 5.74) is 1.32. The quantitative estimate of drug-likeness (QED) is 0.639. The first-order valence-corrected chi connectivity index (χ1v) is 2.83. The fourth-order valence-corrected chi connectivity index (χ4v) is 0.818. The van der Waals surface area contributed by atoms with Gasteiger partial charge in [0.05, 0.1) is 11.6 Å². The minimum atomic E-state index is 0.593. The van der Waals surface area contributed by atoms with Crippen LogP contribution in [-0.2, 0) is 0 Å². The van der Waals surface area contributed by atoms with E-state index in [1.807, 2.05) is 0 Å². The number of rotatable bonds is 1. The molecule has 0 aliphatic rings. The first kappa shape index (κ1) is 5.22. The topological polar surface area (TPSA) is 54.7 Å². The van der Waals surface area contributed by atoms with Crippen LogP contribution in [0.1, 0.15) is 5.69 Å². The minimum Gasteiger partial charge on any atom is -0.336 e. The molecule has 0 saturated carbocycles. The zero-order valence-electron chi connectivity index (χ0n) is 5.16. The molecule has 2 rings (SSSR count). The number of fused-ring (bicyclic) bond motifs is 1. The van der Waals surface area contributed by atoms with Crippen LogP contribution in [0.3, 0.4) is 0 Å². The van der Waals surface area contributed by atoms with Gasteiger partial charge in [0.15, 0.2) is 0 Å². The molecule has 10 heavy (non-hydrogen) atoms. The Bertz CT molecular complexity index is 360. The normalized spacial score (nSPS) is 10.4. The fourth-order valence-electron chi connectivity index (χ4n) is 0.818. The van der Waals surface area contributed by atoms with Crippen LogP contribution in [0.4, 0.5) is 0 Å². The monoisotopic (exact) mass is 135 g/mol. The third-order valence-corrected chi connectivity index (χ3v) is 1.31. The van der Waals surface area contributed by atoms with Gasteiger partial charge < -0.3 is 4.52 Å². The smallest absolute Gasteiger partial charge is 0.254 e. The van der Waals surface area contributed by atoms with Gasteiger partial charge in [0, 0.05) is 0 Å². The van der Waals surface area contributed by atoms with Gasteiger partial charge in [-0.15, -0.1) is 0 Å². The highest BCUT2D eigenvalue weighted by atomic mass is 16.5. The molecule has 0 aliphatic heterocycles. The number of aromatic nitrogens is 3. The van der Waals surface area contributed by atoms with Crippen molar-refractivity contribution in [3.63, 3.8) is 0 Å². The summed E-state index contributed by atoms with van der Waals surface area (Å²) in [5.74, 6) is 0. The van der Waals surface area contributed by atoms with Crippen molar-refractivity contribution in [3.8, 4) is 0 Å². The van der Waals surface area contributed by atoms with Crippen molar-refractivity contribution in [2.75, 3.05) is 0 Å². The maximum atomic E-state index is 4.84. The molecule has 2 aromatic heterocycles. The zero-order valence-corrected chi connectivity index (χ0v) is 5.16. The number of H-pyrrole nitrogens is 1. The zero-order chi connectivity index (χ0) is 6.97. The number of hydrogen-bond donors (Lipinski definition) is 1. The molecule has 2 heterocycles. The van der Waals surface area contributed by atoms with E-state index in [2.05, 4.69) is 21.9 Å². The lowest BCUT2D eigenvalue weighted by Crippen LogP contribution is -1.66. The van der Waals surface area contributed by atoms with Crippen LogP contribution in [-0.4, -0.2) is 15.4 Å². The molecule has 4 heteroatoms. The van der Waals surface area contributed by atoms with Crippen LogP contribution >= 0.6 is 0 Å². The number of nitrogens with one attached hydrogen (secondary N) is 1. The van der Waals surface area contributed by atoms with Crippen molar-refractivity contribution in [1.29, 1.82) is 0 Å². The standard InChI is InChI=1S/C6H5N3O/c1-2-5-4-3-7-8-6(4)10-9-5/h2-3H,1H2,(H,7,8). The number of hydrogen-bond acceptors (Lipinski definition) is 3. The lowest BCUT2D eigenvalue weighted by Gasteiger charge is -1.72. The van der Waals surface area contributed by atoms with Gasteiger partial charge in [-0.2, -0.15) is 5.10 Å². The van der Waals surface area contributed by atoms with Gasteiger partial charge >= 0.3 is 0 Å². The summed E-state index contributed by atoms with van der Waals surface area (Å²) in [7, 11) is 0. The molecule has 0 aromatic carbocycles. The predicted molar refractivity (Wildman–Crippen MR) is 36.2 cm³/mol. The molecule has 0 aliphatic carbocycles. The van der Waals surface area contributed by atoms with E-state index in [0.29, 0.717) is 5.71 Å². The minimum absolute atomic E-state index is 0.593. The van der Waals surface area contributed by atoms with Crippen LogP contribution in [0.15, 0.2) is 17.3 Å². The molecule has 50 valence electrons. The summed E-state index contributed by atoms with van der Waals surface area (Å²) >= 11 is 0. The average molecular weight is 135 g/mol. The van der Waals surface area contributed by atoms with E-state index in [1.165, 1.54) is 0 Å². The van der Waals surface area contributed by atoms with Gasteiger partial charge in [-0.05, 0) is 6.08 Å². The molecular formula is C6H5N3O. The summed E-state index contributed by atoms with van der Waals surface area (Å²) in [6.07, 6.45) is 3.28. The Morgan fingerprint density at radius 3 is 3.40 bits per heavy atom. The van der Waals surface area contributed by atoms with Gasteiger partial charge in [-0.1, -0.05) is 11.7 Å². The SMILES string of the molecule is C=Cc1noc2[nH]ncc12. The number of aromatic amines is 1. The summed E-state index contributed by atoms with van der Waals surface area (Å²) in [5, 5.41) is 11.0. The maximum Gasteiger partial charge on any atom is 0.254 e. The van der Waals surface area contributed by atoms with Crippen LogP contribution in [0.2, 0.25) is 0 Å². The fraction of sp³-hybridized carbons (Fsp3) is 0. The molecule has 0 unspecified atom stereocenters. The second-order valence-electron chi connectivity index (χ2n) is 1.88.